The van der Waals surface area contributed by atoms with Crippen LogP contribution in [0.4, 0.5) is 0 Å². The van der Waals surface area contributed by atoms with Crippen LogP contribution in [-0.2, 0) is 20.9 Å². The average Bonchev–Trinajstić information content (AvgIpc) is 2.80. The van der Waals surface area contributed by atoms with Crippen molar-refractivity contribution >= 4 is 11.8 Å². The minimum Gasteiger partial charge on any atom is -0.387 e. The van der Waals surface area contributed by atoms with E-state index in [2.05, 4.69) is 10.6 Å². The summed E-state index contributed by atoms with van der Waals surface area (Å²) in [4.78, 5) is 23.0. The maximum atomic E-state index is 12.1. The highest BCUT2D eigenvalue weighted by molar-refractivity contribution is 5.86. The molecular formula is C15H20N2O5. The molecule has 1 aromatic carbocycles. The Morgan fingerprint density at radius 3 is 2.64 bits per heavy atom. The first-order valence-corrected chi connectivity index (χ1v) is 7.02. The van der Waals surface area contributed by atoms with Gasteiger partial charge in [-0.2, -0.15) is 0 Å². The zero-order valence-electron chi connectivity index (χ0n) is 12.3. The quantitative estimate of drug-likeness (QED) is 0.554. The van der Waals surface area contributed by atoms with Crippen LogP contribution in [0.5, 0.6) is 0 Å². The lowest BCUT2D eigenvalue weighted by molar-refractivity contribution is -0.148. The Morgan fingerprint density at radius 1 is 1.32 bits per heavy atom. The fourth-order valence-electron chi connectivity index (χ4n) is 2.26. The first-order valence-electron chi connectivity index (χ1n) is 7.02. The number of carbonyl (C=O) groups is 2. The maximum absolute atomic E-state index is 12.1. The highest BCUT2D eigenvalue weighted by Gasteiger charge is 2.53. The summed E-state index contributed by atoms with van der Waals surface area (Å²) in [5, 5.41) is 25.5. The van der Waals surface area contributed by atoms with Gasteiger partial charge in [-0.3, -0.25) is 9.59 Å². The summed E-state index contributed by atoms with van der Waals surface area (Å²) in [5.41, 5.74) is -1.14. The molecule has 1 aromatic rings. The van der Waals surface area contributed by atoms with Crippen LogP contribution in [0.1, 0.15) is 12.5 Å². The van der Waals surface area contributed by atoms with Crippen molar-refractivity contribution in [2.24, 2.45) is 0 Å². The average molecular weight is 308 g/mol. The number of benzene rings is 1. The van der Waals surface area contributed by atoms with Gasteiger partial charge in [0.25, 0.3) is 5.91 Å². The van der Waals surface area contributed by atoms with Gasteiger partial charge < -0.3 is 25.6 Å². The van der Waals surface area contributed by atoms with E-state index in [1.807, 2.05) is 30.3 Å². The van der Waals surface area contributed by atoms with Gasteiger partial charge in [0.05, 0.1) is 6.61 Å². The van der Waals surface area contributed by atoms with Crippen molar-refractivity contribution in [2.45, 2.75) is 31.3 Å². The van der Waals surface area contributed by atoms with Crippen molar-refractivity contribution in [3.63, 3.8) is 0 Å². The summed E-state index contributed by atoms with van der Waals surface area (Å²) in [5.74, 6) is -0.978. The van der Waals surface area contributed by atoms with E-state index in [-0.39, 0.29) is 25.6 Å². The van der Waals surface area contributed by atoms with Crippen LogP contribution < -0.4 is 10.6 Å². The highest BCUT2D eigenvalue weighted by atomic mass is 16.5. The second-order valence-corrected chi connectivity index (χ2v) is 5.32. The molecule has 2 rings (SSSR count). The monoisotopic (exact) mass is 308 g/mol. The Kier molecular flexibility index (Phi) is 5.12. The van der Waals surface area contributed by atoms with Crippen LogP contribution in [0.2, 0.25) is 0 Å². The molecule has 0 spiro atoms. The summed E-state index contributed by atoms with van der Waals surface area (Å²) in [7, 11) is 0. The normalized spacial score (nSPS) is 27.4. The van der Waals surface area contributed by atoms with Gasteiger partial charge in [0, 0.05) is 20.0 Å². The Labute approximate surface area is 128 Å². The minimum atomic E-state index is -2.02. The largest absolute Gasteiger partial charge is 0.387 e. The number of aliphatic hydroxyl groups excluding tert-OH is 1. The Bertz CT molecular complexity index is 536. The van der Waals surface area contributed by atoms with Gasteiger partial charge in [-0.05, 0) is 5.56 Å². The first kappa shape index (κ1) is 16.4. The summed E-state index contributed by atoms with van der Waals surface area (Å²) in [6, 6.07) is 9.22. The second-order valence-electron chi connectivity index (χ2n) is 5.32. The van der Waals surface area contributed by atoms with Gasteiger partial charge in [0.15, 0.2) is 5.60 Å². The lowest BCUT2D eigenvalue weighted by atomic mass is 9.95. The summed E-state index contributed by atoms with van der Waals surface area (Å²) in [6.07, 6.45) is -2.23. The van der Waals surface area contributed by atoms with Crippen molar-refractivity contribution < 1.29 is 24.5 Å². The molecule has 1 heterocycles. The molecule has 2 amide bonds. The fourth-order valence-corrected chi connectivity index (χ4v) is 2.26. The fraction of sp³-hybridized carbons (Fsp3) is 0.467. The van der Waals surface area contributed by atoms with Crippen LogP contribution in [0.3, 0.4) is 0 Å². The summed E-state index contributed by atoms with van der Waals surface area (Å²) < 4.78 is 5.23. The molecule has 1 saturated heterocycles. The Morgan fingerprint density at radius 2 is 2.00 bits per heavy atom. The predicted octanol–water partition coefficient (Wildman–Crippen LogP) is -1.07. The molecule has 0 unspecified atom stereocenters. The van der Waals surface area contributed by atoms with Crippen LogP contribution in [-0.4, -0.2) is 53.0 Å². The number of hydrogen-bond acceptors (Lipinski definition) is 5. The zero-order chi connectivity index (χ0) is 16.2. The van der Waals surface area contributed by atoms with Gasteiger partial charge >= 0.3 is 0 Å². The maximum Gasteiger partial charge on any atom is 0.257 e. The van der Waals surface area contributed by atoms with E-state index in [0.29, 0.717) is 0 Å². The molecule has 1 fully saturated rings. The molecule has 120 valence electrons. The number of aliphatic hydroxyl groups is 2. The third-order valence-electron chi connectivity index (χ3n) is 3.60. The van der Waals surface area contributed by atoms with Crippen molar-refractivity contribution in [3.05, 3.63) is 35.9 Å². The van der Waals surface area contributed by atoms with Gasteiger partial charge in [-0.25, -0.2) is 0 Å². The van der Waals surface area contributed by atoms with Crippen LogP contribution in [0.25, 0.3) is 0 Å². The standard InChI is InChI=1S/C15H20N2O5/c1-10(18)16-8-12-13(19)15(21,9-22-12)14(20)17-7-11-5-3-2-4-6-11/h2-6,12-13,19,21H,7-9H2,1H3,(H,16,18)(H,17,20)/t12-,13-,15-/m1/s1. The van der Waals surface area contributed by atoms with Crippen LogP contribution in [0, 0.1) is 0 Å². The number of carbonyl (C=O) groups excluding carboxylic acids is 2. The number of hydrogen-bond donors (Lipinski definition) is 4. The first-order chi connectivity index (χ1) is 10.4. The van der Waals surface area contributed by atoms with Gasteiger partial charge in [-0.15, -0.1) is 0 Å². The van der Waals surface area contributed by atoms with E-state index >= 15 is 0 Å². The molecule has 1 aliphatic rings. The van der Waals surface area contributed by atoms with Crippen molar-refractivity contribution in [1.29, 1.82) is 0 Å². The summed E-state index contributed by atoms with van der Waals surface area (Å²) >= 11 is 0. The van der Waals surface area contributed by atoms with Crippen molar-refractivity contribution in [1.82, 2.24) is 10.6 Å². The lowest BCUT2D eigenvalue weighted by Crippen LogP contribution is -2.56. The van der Waals surface area contributed by atoms with E-state index in [1.165, 1.54) is 6.92 Å². The third kappa shape index (κ3) is 3.62. The molecule has 0 saturated carbocycles. The van der Waals surface area contributed by atoms with E-state index in [0.717, 1.165) is 5.56 Å². The summed E-state index contributed by atoms with van der Waals surface area (Å²) in [6.45, 7) is 1.29. The number of rotatable bonds is 5. The number of ether oxygens (including phenoxy) is 1. The van der Waals surface area contributed by atoms with E-state index in [1.54, 1.807) is 0 Å². The van der Waals surface area contributed by atoms with Crippen LogP contribution >= 0.6 is 0 Å². The number of nitrogens with one attached hydrogen (secondary N) is 2. The topological polar surface area (TPSA) is 108 Å². The molecule has 3 atom stereocenters. The molecule has 0 bridgehead atoms. The number of amides is 2. The third-order valence-corrected chi connectivity index (χ3v) is 3.60. The lowest BCUT2D eigenvalue weighted by Gasteiger charge is -2.25. The SMILES string of the molecule is CC(=O)NC[C@H]1OC[C@](O)(C(=O)NCc2ccccc2)[C@@H]1O. The smallest absolute Gasteiger partial charge is 0.257 e. The van der Waals surface area contributed by atoms with E-state index in [4.69, 9.17) is 4.74 Å². The molecule has 0 aliphatic carbocycles. The molecule has 0 radical (unpaired) electrons. The highest BCUT2D eigenvalue weighted by Crippen LogP contribution is 2.25. The van der Waals surface area contributed by atoms with Gasteiger partial charge in [-0.1, -0.05) is 30.3 Å². The molecule has 0 aromatic heterocycles. The second kappa shape index (κ2) is 6.87. The Balaban J connectivity index is 1.92. The molecule has 1 aliphatic heterocycles. The van der Waals surface area contributed by atoms with Gasteiger partial charge in [0.1, 0.15) is 12.2 Å². The molecule has 4 N–H and O–H groups in total. The molecule has 22 heavy (non-hydrogen) atoms. The predicted molar refractivity (Wildman–Crippen MR) is 77.7 cm³/mol. The Hall–Kier alpha value is -1.96. The van der Waals surface area contributed by atoms with E-state index in [9.17, 15) is 19.8 Å². The van der Waals surface area contributed by atoms with Gasteiger partial charge in [0.2, 0.25) is 5.91 Å². The zero-order valence-corrected chi connectivity index (χ0v) is 12.3. The van der Waals surface area contributed by atoms with Crippen LogP contribution in [0.15, 0.2) is 30.3 Å². The van der Waals surface area contributed by atoms with Crippen molar-refractivity contribution in [3.8, 4) is 0 Å². The van der Waals surface area contributed by atoms with Crippen molar-refractivity contribution in [2.75, 3.05) is 13.2 Å². The minimum absolute atomic E-state index is 0.0325. The van der Waals surface area contributed by atoms with E-state index < -0.39 is 23.7 Å². The molecule has 7 nitrogen and oxygen atoms in total. The molecular weight excluding hydrogens is 288 g/mol. The molecule has 7 heteroatoms.